The molecule has 4 rings (SSSR count). The lowest BCUT2D eigenvalue weighted by Gasteiger charge is -2.25. The third kappa shape index (κ3) is 6.91. The van der Waals surface area contributed by atoms with E-state index in [0.29, 0.717) is 11.4 Å². The van der Waals surface area contributed by atoms with E-state index in [2.05, 4.69) is 20.0 Å². The number of aryl methyl sites for hydroxylation is 1. The van der Waals surface area contributed by atoms with Crippen LogP contribution >= 0.6 is 0 Å². The zero-order chi connectivity index (χ0) is 29.6. The third-order valence-electron chi connectivity index (χ3n) is 5.76. The Bertz CT molecular complexity index is 1750. The van der Waals surface area contributed by atoms with Crippen LogP contribution in [0.5, 0.6) is 11.5 Å². The van der Waals surface area contributed by atoms with E-state index < -0.39 is 32.5 Å². The zero-order valence-electron chi connectivity index (χ0n) is 22.3. The topological polar surface area (TPSA) is 157 Å². The number of aromatic nitrogens is 2. The van der Waals surface area contributed by atoms with E-state index in [0.717, 1.165) is 4.31 Å². The van der Waals surface area contributed by atoms with Crippen molar-refractivity contribution >= 4 is 43.3 Å². The molecule has 0 saturated heterocycles. The quantitative estimate of drug-likeness (QED) is 0.264. The molecule has 0 atom stereocenters. The molecule has 12 nitrogen and oxygen atoms in total. The number of anilines is 3. The fourth-order valence-corrected chi connectivity index (χ4v) is 6.12. The van der Waals surface area contributed by atoms with E-state index in [1.165, 1.54) is 75.0 Å². The number of hydrogen-bond acceptors (Lipinski definition) is 9. The molecule has 0 bridgehead atoms. The van der Waals surface area contributed by atoms with Crippen LogP contribution in [0, 0.1) is 6.92 Å². The van der Waals surface area contributed by atoms with Gasteiger partial charge in [0.05, 0.1) is 29.7 Å². The minimum atomic E-state index is -4.22. The summed E-state index contributed by atoms with van der Waals surface area (Å²) >= 11 is 0. The summed E-state index contributed by atoms with van der Waals surface area (Å²) in [6, 6.07) is 19.2. The largest absolute Gasteiger partial charge is 0.497 e. The molecule has 41 heavy (non-hydrogen) atoms. The van der Waals surface area contributed by atoms with Gasteiger partial charge in [-0.25, -0.2) is 31.5 Å². The summed E-state index contributed by atoms with van der Waals surface area (Å²) in [5.74, 6) is -0.0265. The molecule has 1 heterocycles. The number of amides is 1. The number of para-hydroxylation sites is 2. The van der Waals surface area contributed by atoms with Crippen LogP contribution in [0.25, 0.3) is 0 Å². The molecular formula is C27H27N5O7S2. The van der Waals surface area contributed by atoms with Crippen LogP contribution in [0.4, 0.5) is 17.3 Å². The predicted molar refractivity (Wildman–Crippen MR) is 153 cm³/mol. The minimum Gasteiger partial charge on any atom is -0.497 e. The highest BCUT2D eigenvalue weighted by Crippen LogP contribution is 2.32. The Morgan fingerprint density at radius 1 is 0.854 bits per heavy atom. The van der Waals surface area contributed by atoms with Crippen molar-refractivity contribution in [1.82, 2.24) is 9.97 Å². The first-order valence-electron chi connectivity index (χ1n) is 12.1. The molecule has 3 aromatic carbocycles. The Balaban J connectivity index is 1.56. The number of rotatable bonds is 11. The number of benzene rings is 3. The maximum Gasteiger partial charge on any atom is 0.264 e. The molecule has 14 heteroatoms. The van der Waals surface area contributed by atoms with E-state index >= 15 is 0 Å². The molecule has 2 N–H and O–H groups in total. The molecule has 0 aliphatic heterocycles. The summed E-state index contributed by atoms with van der Waals surface area (Å²) in [5.41, 5.74) is 1.00. The number of nitrogens with one attached hydrogen (secondary N) is 2. The van der Waals surface area contributed by atoms with Crippen molar-refractivity contribution in [2.45, 2.75) is 16.7 Å². The zero-order valence-corrected chi connectivity index (χ0v) is 23.9. The second-order valence-electron chi connectivity index (χ2n) is 8.56. The number of hydrogen-bond donors (Lipinski definition) is 2. The van der Waals surface area contributed by atoms with E-state index in [4.69, 9.17) is 9.47 Å². The lowest BCUT2D eigenvalue weighted by molar-refractivity contribution is -0.114. The normalized spacial score (nSPS) is 11.4. The van der Waals surface area contributed by atoms with E-state index in [9.17, 15) is 21.6 Å². The van der Waals surface area contributed by atoms with Gasteiger partial charge < -0.3 is 14.8 Å². The van der Waals surface area contributed by atoms with Gasteiger partial charge in [-0.05, 0) is 73.7 Å². The summed E-state index contributed by atoms with van der Waals surface area (Å²) in [6.07, 6.45) is 1.43. The average molecular weight is 598 g/mol. The number of nitrogens with zero attached hydrogens (tertiary/aromatic N) is 3. The Hall–Kier alpha value is -4.69. The lowest BCUT2D eigenvalue weighted by Crippen LogP contribution is -2.38. The Labute approximate surface area is 238 Å². The molecule has 0 aliphatic rings. The Morgan fingerprint density at radius 3 is 2.15 bits per heavy atom. The number of sulfonamides is 2. The molecule has 0 unspecified atom stereocenters. The number of ether oxygens (including phenoxy) is 2. The van der Waals surface area contributed by atoms with Crippen LogP contribution in [-0.4, -0.2) is 53.5 Å². The second kappa shape index (κ2) is 12.2. The second-order valence-corrected chi connectivity index (χ2v) is 12.1. The van der Waals surface area contributed by atoms with Crippen molar-refractivity contribution in [3.05, 3.63) is 90.8 Å². The van der Waals surface area contributed by atoms with Gasteiger partial charge in [-0.15, -0.1) is 0 Å². The molecule has 0 spiro atoms. The van der Waals surface area contributed by atoms with Crippen molar-refractivity contribution < 1.29 is 31.1 Å². The van der Waals surface area contributed by atoms with Crippen LogP contribution in [0.15, 0.2) is 94.9 Å². The van der Waals surface area contributed by atoms with Gasteiger partial charge >= 0.3 is 0 Å². The highest BCUT2D eigenvalue weighted by atomic mass is 32.2. The van der Waals surface area contributed by atoms with Gasteiger partial charge in [0.25, 0.3) is 20.0 Å². The van der Waals surface area contributed by atoms with Gasteiger partial charge in [-0.3, -0.25) is 9.10 Å². The predicted octanol–water partition coefficient (Wildman–Crippen LogP) is 3.44. The van der Waals surface area contributed by atoms with Gasteiger partial charge in [-0.2, -0.15) is 0 Å². The van der Waals surface area contributed by atoms with Crippen LogP contribution in [0.1, 0.15) is 5.69 Å². The average Bonchev–Trinajstić information content (AvgIpc) is 2.96. The molecule has 214 valence electrons. The number of carbonyl (C=O) groups is 1. The summed E-state index contributed by atoms with van der Waals surface area (Å²) in [5, 5.41) is 2.61. The molecule has 0 aliphatic carbocycles. The Kier molecular flexibility index (Phi) is 8.74. The lowest BCUT2D eigenvalue weighted by atomic mass is 10.3. The van der Waals surface area contributed by atoms with Crippen molar-refractivity contribution in [2.24, 2.45) is 0 Å². The molecule has 1 amide bonds. The summed E-state index contributed by atoms with van der Waals surface area (Å²) in [4.78, 5) is 20.9. The van der Waals surface area contributed by atoms with Crippen molar-refractivity contribution in [3.63, 3.8) is 0 Å². The first kappa shape index (κ1) is 29.3. The maximum absolute atomic E-state index is 13.7. The number of carbonyl (C=O) groups excluding carboxylic acids is 1. The summed E-state index contributed by atoms with van der Waals surface area (Å²) in [6.45, 7) is 1.11. The highest BCUT2D eigenvalue weighted by molar-refractivity contribution is 7.93. The fourth-order valence-electron chi connectivity index (χ4n) is 3.74. The summed E-state index contributed by atoms with van der Waals surface area (Å²) in [7, 11) is -5.35. The van der Waals surface area contributed by atoms with E-state index in [1.54, 1.807) is 31.2 Å². The molecule has 1 aromatic heterocycles. The monoisotopic (exact) mass is 597 g/mol. The van der Waals surface area contributed by atoms with Gasteiger partial charge in [0.2, 0.25) is 11.9 Å². The van der Waals surface area contributed by atoms with E-state index in [1.807, 2.05) is 0 Å². The number of methoxy groups -OCH3 is 2. The van der Waals surface area contributed by atoms with Crippen LogP contribution in [-0.2, 0) is 24.8 Å². The maximum atomic E-state index is 13.7. The first-order valence-corrected chi connectivity index (χ1v) is 15.0. The molecule has 4 aromatic rings. The Morgan fingerprint density at radius 2 is 1.51 bits per heavy atom. The van der Waals surface area contributed by atoms with Gasteiger partial charge in [0, 0.05) is 17.6 Å². The van der Waals surface area contributed by atoms with Gasteiger partial charge in [0.15, 0.2) is 0 Å². The molecule has 0 radical (unpaired) electrons. The van der Waals surface area contributed by atoms with Crippen LogP contribution < -0.4 is 23.8 Å². The van der Waals surface area contributed by atoms with Crippen molar-refractivity contribution in [3.8, 4) is 11.5 Å². The summed E-state index contributed by atoms with van der Waals surface area (Å²) < 4.78 is 66.5. The molecular weight excluding hydrogens is 570 g/mol. The van der Waals surface area contributed by atoms with Gasteiger partial charge in [-0.1, -0.05) is 12.1 Å². The SMILES string of the molecule is COc1ccc(S(=O)(=O)N(CC(=O)Nc2ccc(S(=O)(=O)Nc3nccc(C)n3)cc2)c2ccccc2OC)cc1. The standard InChI is InChI=1S/C27H27N5O7S2/c1-19-16-17-28-27(29-19)31-40(34,35)22-12-8-20(9-13-22)30-26(33)18-32(24-6-4-5-7-25(24)39-3)41(36,37)23-14-10-21(38-2)11-15-23/h4-17H,18H2,1-3H3,(H,30,33)(H,28,29,31). The smallest absolute Gasteiger partial charge is 0.264 e. The van der Waals surface area contributed by atoms with E-state index in [-0.39, 0.29) is 32.9 Å². The van der Waals surface area contributed by atoms with Crippen molar-refractivity contribution in [2.75, 3.05) is 35.1 Å². The molecule has 0 fully saturated rings. The third-order valence-corrected chi connectivity index (χ3v) is 8.88. The van der Waals surface area contributed by atoms with Crippen molar-refractivity contribution in [1.29, 1.82) is 0 Å². The highest BCUT2D eigenvalue weighted by Gasteiger charge is 2.29. The fraction of sp³-hybridized carbons (Fsp3) is 0.148. The van der Waals surface area contributed by atoms with Crippen LogP contribution in [0.2, 0.25) is 0 Å². The first-order chi connectivity index (χ1) is 19.5. The van der Waals surface area contributed by atoms with Crippen LogP contribution in [0.3, 0.4) is 0 Å². The minimum absolute atomic E-state index is 0.0587. The molecule has 0 saturated carbocycles. The van der Waals surface area contributed by atoms with Gasteiger partial charge in [0.1, 0.15) is 18.0 Å².